The summed E-state index contributed by atoms with van der Waals surface area (Å²) in [6, 6.07) is 0. The Labute approximate surface area is 95.2 Å². The number of rotatable bonds is 1. The topological polar surface area (TPSA) is 51.6 Å². The number of hydrogen-bond donors (Lipinski definition) is 1. The first kappa shape index (κ1) is 11.4. The third kappa shape index (κ3) is 2.03. The zero-order valence-electron chi connectivity index (χ0n) is 9.86. The summed E-state index contributed by atoms with van der Waals surface area (Å²) in [5, 5.41) is 9.90. The van der Waals surface area contributed by atoms with Gasteiger partial charge in [-0.05, 0) is 6.92 Å². The first-order valence-electron chi connectivity index (χ1n) is 5.49. The average molecular weight is 223 g/mol. The van der Waals surface area contributed by atoms with Crippen molar-refractivity contribution in [3.8, 4) is 5.75 Å². The second-order valence-electron chi connectivity index (χ2n) is 4.43. The number of pyridine rings is 1. The van der Waals surface area contributed by atoms with Gasteiger partial charge in [-0.2, -0.15) is 0 Å². The summed E-state index contributed by atoms with van der Waals surface area (Å²) < 4.78 is 11.2. The fourth-order valence-corrected chi connectivity index (χ4v) is 1.74. The van der Waals surface area contributed by atoms with E-state index in [0.717, 1.165) is 11.1 Å². The molecule has 88 valence electrons. The van der Waals surface area contributed by atoms with Crippen molar-refractivity contribution in [2.45, 2.75) is 40.3 Å². The number of nitrogens with zero attached hydrogens (tertiary/aromatic N) is 1. The summed E-state index contributed by atoms with van der Waals surface area (Å²) in [5.41, 5.74) is 2.34. The van der Waals surface area contributed by atoms with Crippen molar-refractivity contribution < 1.29 is 14.6 Å². The Morgan fingerprint density at radius 2 is 2.06 bits per heavy atom. The highest BCUT2D eigenvalue weighted by Crippen LogP contribution is 2.29. The highest BCUT2D eigenvalue weighted by Gasteiger charge is 2.22. The third-order valence-corrected chi connectivity index (χ3v) is 2.77. The Hall–Kier alpha value is -1.13. The van der Waals surface area contributed by atoms with E-state index in [9.17, 15) is 5.11 Å². The molecule has 0 fully saturated rings. The Morgan fingerprint density at radius 1 is 1.38 bits per heavy atom. The number of aromatic hydroxyl groups is 1. The van der Waals surface area contributed by atoms with Crippen LogP contribution in [0.3, 0.4) is 0 Å². The molecule has 0 radical (unpaired) electrons. The van der Waals surface area contributed by atoms with Gasteiger partial charge in [-0.25, -0.2) is 0 Å². The quantitative estimate of drug-likeness (QED) is 0.792. The van der Waals surface area contributed by atoms with E-state index in [4.69, 9.17) is 9.47 Å². The van der Waals surface area contributed by atoms with Crippen LogP contribution >= 0.6 is 0 Å². The van der Waals surface area contributed by atoms with Crippen molar-refractivity contribution in [3.05, 3.63) is 23.0 Å². The van der Waals surface area contributed by atoms with E-state index >= 15 is 0 Å². The normalized spacial score (nSPS) is 20.6. The maximum atomic E-state index is 9.90. The number of aromatic nitrogens is 1. The van der Waals surface area contributed by atoms with Crippen LogP contribution in [0.15, 0.2) is 6.20 Å². The standard InChI is InChI=1S/C12H17NO3/c1-7(2)12-15-5-9-4-13-8(3)11(14)10(9)6-16-12/h4,7,12,14H,5-6H2,1-3H3. The van der Waals surface area contributed by atoms with E-state index in [1.54, 1.807) is 13.1 Å². The van der Waals surface area contributed by atoms with Gasteiger partial charge in [-0.3, -0.25) is 4.98 Å². The minimum Gasteiger partial charge on any atom is -0.506 e. The summed E-state index contributed by atoms with van der Waals surface area (Å²) in [4.78, 5) is 4.12. The average Bonchev–Trinajstić information content (AvgIpc) is 2.46. The van der Waals surface area contributed by atoms with Crippen LogP contribution in [-0.4, -0.2) is 16.4 Å². The molecule has 1 aliphatic heterocycles. The van der Waals surface area contributed by atoms with Crippen LogP contribution in [0, 0.1) is 12.8 Å². The minimum atomic E-state index is -0.216. The number of hydrogen-bond acceptors (Lipinski definition) is 4. The van der Waals surface area contributed by atoms with Crippen molar-refractivity contribution in [2.24, 2.45) is 5.92 Å². The fourth-order valence-electron chi connectivity index (χ4n) is 1.74. The molecule has 1 aromatic heterocycles. The first-order chi connectivity index (χ1) is 7.59. The molecule has 1 N–H and O–H groups in total. The summed E-state index contributed by atoms with van der Waals surface area (Å²) >= 11 is 0. The van der Waals surface area contributed by atoms with Crippen LogP contribution in [0.2, 0.25) is 0 Å². The second kappa shape index (κ2) is 4.39. The van der Waals surface area contributed by atoms with Crippen LogP contribution in [0.25, 0.3) is 0 Å². The molecule has 1 atom stereocenters. The molecule has 2 heterocycles. The van der Waals surface area contributed by atoms with E-state index in [-0.39, 0.29) is 12.0 Å². The predicted octanol–water partition coefficient (Wildman–Crippen LogP) is 2.12. The van der Waals surface area contributed by atoms with Gasteiger partial charge in [0, 0.05) is 23.2 Å². The SMILES string of the molecule is Cc1ncc2c(c1O)COC(C(C)C)OC2. The maximum absolute atomic E-state index is 9.90. The molecule has 0 amide bonds. The third-order valence-electron chi connectivity index (χ3n) is 2.77. The van der Waals surface area contributed by atoms with E-state index < -0.39 is 0 Å². The Balaban J connectivity index is 2.27. The summed E-state index contributed by atoms with van der Waals surface area (Å²) in [6.45, 7) is 6.70. The van der Waals surface area contributed by atoms with Gasteiger partial charge in [-0.15, -0.1) is 0 Å². The molecular formula is C12H17NO3. The lowest BCUT2D eigenvalue weighted by molar-refractivity contribution is -0.172. The van der Waals surface area contributed by atoms with Crippen LogP contribution in [-0.2, 0) is 22.7 Å². The lowest BCUT2D eigenvalue weighted by Gasteiger charge is -2.18. The Bertz CT molecular complexity index is 390. The summed E-state index contributed by atoms with van der Waals surface area (Å²) in [5.74, 6) is 0.524. The molecule has 1 unspecified atom stereocenters. The fraction of sp³-hybridized carbons (Fsp3) is 0.583. The Kier molecular flexibility index (Phi) is 3.12. The van der Waals surface area contributed by atoms with Gasteiger partial charge in [0.05, 0.1) is 18.9 Å². The summed E-state index contributed by atoms with van der Waals surface area (Å²) in [6.07, 6.45) is 1.53. The molecule has 0 aliphatic carbocycles. The molecule has 1 aromatic rings. The van der Waals surface area contributed by atoms with Crippen molar-refractivity contribution >= 4 is 0 Å². The van der Waals surface area contributed by atoms with E-state index in [0.29, 0.717) is 24.8 Å². The largest absolute Gasteiger partial charge is 0.506 e. The molecule has 1 aliphatic rings. The van der Waals surface area contributed by atoms with Gasteiger partial charge in [0.15, 0.2) is 6.29 Å². The van der Waals surface area contributed by atoms with Crippen LogP contribution in [0.4, 0.5) is 0 Å². The zero-order valence-corrected chi connectivity index (χ0v) is 9.86. The second-order valence-corrected chi connectivity index (χ2v) is 4.43. The van der Waals surface area contributed by atoms with Crippen molar-refractivity contribution in [1.29, 1.82) is 0 Å². The zero-order chi connectivity index (χ0) is 11.7. The molecule has 0 saturated carbocycles. The van der Waals surface area contributed by atoms with Crippen LogP contribution < -0.4 is 0 Å². The molecule has 0 spiro atoms. The Morgan fingerprint density at radius 3 is 2.75 bits per heavy atom. The van der Waals surface area contributed by atoms with Crippen molar-refractivity contribution in [1.82, 2.24) is 4.98 Å². The van der Waals surface area contributed by atoms with E-state index in [1.165, 1.54) is 0 Å². The van der Waals surface area contributed by atoms with Crippen LogP contribution in [0.5, 0.6) is 5.75 Å². The number of fused-ring (bicyclic) bond motifs is 1. The van der Waals surface area contributed by atoms with Crippen molar-refractivity contribution in [3.63, 3.8) is 0 Å². The predicted molar refractivity (Wildman–Crippen MR) is 58.8 cm³/mol. The highest BCUT2D eigenvalue weighted by molar-refractivity contribution is 5.40. The van der Waals surface area contributed by atoms with Gasteiger partial charge in [0.25, 0.3) is 0 Å². The molecule has 16 heavy (non-hydrogen) atoms. The molecule has 4 heteroatoms. The summed E-state index contributed by atoms with van der Waals surface area (Å²) in [7, 11) is 0. The smallest absolute Gasteiger partial charge is 0.160 e. The molecule has 0 aromatic carbocycles. The molecule has 0 saturated heterocycles. The van der Waals surface area contributed by atoms with E-state index in [1.807, 2.05) is 13.8 Å². The van der Waals surface area contributed by atoms with Gasteiger partial charge >= 0.3 is 0 Å². The monoisotopic (exact) mass is 223 g/mol. The molecular weight excluding hydrogens is 206 g/mol. The number of aryl methyl sites for hydroxylation is 1. The minimum absolute atomic E-state index is 0.216. The van der Waals surface area contributed by atoms with Gasteiger partial charge in [0.1, 0.15) is 5.75 Å². The lowest BCUT2D eigenvalue weighted by atomic mass is 10.1. The number of ether oxygens (including phenoxy) is 2. The molecule has 0 bridgehead atoms. The van der Waals surface area contributed by atoms with Crippen molar-refractivity contribution in [2.75, 3.05) is 0 Å². The lowest BCUT2D eigenvalue weighted by Crippen LogP contribution is -2.21. The van der Waals surface area contributed by atoms with Gasteiger partial charge in [0.2, 0.25) is 0 Å². The first-order valence-corrected chi connectivity index (χ1v) is 5.49. The van der Waals surface area contributed by atoms with Crippen LogP contribution in [0.1, 0.15) is 30.7 Å². The molecule has 4 nitrogen and oxygen atoms in total. The molecule has 2 rings (SSSR count). The van der Waals surface area contributed by atoms with Gasteiger partial charge < -0.3 is 14.6 Å². The van der Waals surface area contributed by atoms with E-state index in [2.05, 4.69) is 4.98 Å². The maximum Gasteiger partial charge on any atom is 0.160 e. The van der Waals surface area contributed by atoms with Gasteiger partial charge in [-0.1, -0.05) is 13.8 Å². The highest BCUT2D eigenvalue weighted by atomic mass is 16.7.